The van der Waals surface area contributed by atoms with Crippen LogP contribution in [-0.4, -0.2) is 45.1 Å². The molecule has 0 aliphatic rings. The number of H-pyrrole nitrogens is 1. The fourth-order valence-corrected chi connectivity index (χ4v) is 3.82. The first-order chi connectivity index (χ1) is 16.4. The molecule has 0 saturated carbocycles. The quantitative estimate of drug-likeness (QED) is 0.247. The number of rotatable bonds is 3. The van der Waals surface area contributed by atoms with Crippen molar-refractivity contribution in [3.63, 3.8) is 0 Å². The number of anilines is 1. The molecule has 35 heavy (non-hydrogen) atoms. The summed E-state index contributed by atoms with van der Waals surface area (Å²) in [4.78, 5) is 37.2. The van der Waals surface area contributed by atoms with E-state index in [4.69, 9.17) is 23.2 Å². The minimum absolute atomic E-state index is 0.212. The van der Waals surface area contributed by atoms with Gasteiger partial charge in [-0.2, -0.15) is 0 Å². The maximum atomic E-state index is 11.7. The fourth-order valence-electron chi connectivity index (χ4n) is 2.83. The molecule has 10 heteroatoms. The lowest BCUT2D eigenvalue weighted by Crippen LogP contribution is -2.16. The van der Waals surface area contributed by atoms with Crippen LogP contribution in [0.25, 0.3) is 10.9 Å². The summed E-state index contributed by atoms with van der Waals surface area (Å²) in [7, 11) is 1.03. The summed E-state index contributed by atoms with van der Waals surface area (Å²) in [5, 5.41) is 4.22. The molecule has 0 aliphatic heterocycles. The maximum Gasteiger partial charge on any atom is 0.339 e. The fraction of sp³-hybridized carbons (Fsp3) is 0.240. The van der Waals surface area contributed by atoms with E-state index < -0.39 is 20.0 Å². The zero-order valence-electron chi connectivity index (χ0n) is 20.3. The van der Waals surface area contributed by atoms with Crippen LogP contribution in [0.15, 0.2) is 36.5 Å². The topological polar surface area (TPSA) is 97.5 Å². The second-order valence-corrected chi connectivity index (χ2v) is 14.0. The number of benzene rings is 2. The first-order valence-electron chi connectivity index (χ1n) is 10.4. The first kappa shape index (κ1) is 28.0. The molecule has 3 aromatic rings. The summed E-state index contributed by atoms with van der Waals surface area (Å²) >= 11 is 12.0. The van der Waals surface area contributed by atoms with Gasteiger partial charge in [-0.05, 0) is 30.3 Å². The molecule has 2 N–H and O–H groups in total. The van der Waals surface area contributed by atoms with Crippen LogP contribution in [-0.2, 0) is 14.3 Å². The largest absolute Gasteiger partial charge is 0.465 e. The molecule has 0 aliphatic carbocycles. The number of ether oxygens (including phenoxy) is 2. The van der Waals surface area contributed by atoms with Gasteiger partial charge in [-0.1, -0.05) is 48.8 Å². The van der Waals surface area contributed by atoms with Gasteiger partial charge in [0, 0.05) is 29.6 Å². The summed E-state index contributed by atoms with van der Waals surface area (Å²) in [6.07, 6.45) is 1.79. The zero-order valence-corrected chi connectivity index (χ0v) is 22.8. The molecule has 0 unspecified atom stereocenters. The molecule has 1 amide bonds. The number of amides is 1. The number of aromatic amines is 1. The zero-order chi connectivity index (χ0) is 26.3. The van der Waals surface area contributed by atoms with E-state index in [1.807, 2.05) is 6.07 Å². The highest BCUT2D eigenvalue weighted by Gasteiger charge is 2.16. The number of nitrogens with one attached hydrogen (secondary N) is 2. The lowest BCUT2D eigenvalue weighted by molar-refractivity contribution is -0.114. The molecule has 1 heterocycles. The van der Waals surface area contributed by atoms with Crippen molar-refractivity contribution < 1.29 is 23.9 Å². The molecule has 1 aromatic heterocycles. The number of hydrogen-bond donors (Lipinski definition) is 2. The number of fused-ring (bicyclic) bond motifs is 1. The Kier molecular flexibility index (Phi) is 9.54. The second-order valence-electron chi connectivity index (χ2n) is 8.44. The molecular formula is C25H26Cl2N2O5Si. The lowest BCUT2D eigenvalue weighted by atomic mass is 10.1. The molecule has 7 nitrogen and oxygen atoms in total. The van der Waals surface area contributed by atoms with Gasteiger partial charge < -0.3 is 19.8 Å². The normalized spacial score (nSPS) is 10.4. The lowest BCUT2D eigenvalue weighted by Gasteiger charge is -2.10. The van der Waals surface area contributed by atoms with E-state index in [-0.39, 0.29) is 16.5 Å². The predicted molar refractivity (Wildman–Crippen MR) is 142 cm³/mol. The van der Waals surface area contributed by atoms with E-state index in [0.29, 0.717) is 21.8 Å². The van der Waals surface area contributed by atoms with Gasteiger partial charge in [0.05, 0.1) is 41.1 Å². The standard InChI is InChI=1S/C15H18ClNO3Si.C10H8ClNO2/c1-10(18)17-14-9-13(16)12(15(19)20-2)8-11(14)6-7-21(3,4)5;1-14-10(13)7-4-6-2-3-12-9(6)5-8(7)11/h8-9H,1-5H3,(H,17,18);2-5,12H,1H3. The van der Waals surface area contributed by atoms with E-state index in [1.54, 1.807) is 24.4 Å². The van der Waals surface area contributed by atoms with Crippen molar-refractivity contribution >= 4 is 65.7 Å². The van der Waals surface area contributed by atoms with Crippen molar-refractivity contribution in [2.75, 3.05) is 19.5 Å². The average Bonchev–Trinajstić information content (AvgIpc) is 3.23. The van der Waals surface area contributed by atoms with Gasteiger partial charge >= 0.3 is 11.9 Å². The number of carbonyl (C=O) groups excluding carboxylic acids is 3. The summed E-state index contributed by atoms with van der Waals surface area (Å²) < 4.78 is 9.30. The van der Waals surface area contributed by atoms with E-state index in [0.717, 1.165) is 10.9 Å². The van der Waals surface area contributed by atoms with Gasteiger partial charge in [-0.15, -0.1) is 5.54 Å². The molecule has 0 bridgehead atoms. The SMILES string of the molecule is COC(=O)c1cc(C#C[Si](C)(C)C)c(NC(C)=O)cc1Cl.COC(=O)c1cc2cc[nH]c2cc1Cl. The van der Waals surface area contributed by atoms with Gasteiger partial charge in [0.25, 0.3) is 0 Å². The monoisotopic (exact) mass is 532 g/mol. The van der Waals surface area contributed by atoms with Crippen LogP contribution in [0.5, 0.6) is 0 Å². The molecule has 3 rings (SSSR count). The van der Waals surface area contributed by atoms with Crippen LogP contribution in [0.3, 0.4) is 0 Å². The molecule has 184 valence electrons. The minimum atomic E-state index is -1.59. The van der Waals surface area contributed by atoms with Gasteiger partial charge in [0.2, 0.25) is 5.91 Å². The Morgan fingerprint density at radius 3 is 2.06 bits per heavy atom. The van der Waals surface area contributed by atoms with Crippen LogP contribution in [0.4, 0.5) is 5.69 Å². The third-order valence-electron chi connectivity index (χ3n) is 4.44. The number of methoxy groups -OCH3 is 2. The van der Waals surface area contributed by atoms with Crippen LogP contribution in [0.2, 0.25) is 29.7 Å². The van der Waals surface area contributed by atoms with E-state index in [1.165, 1.54) is 27.2 Å². The summed E-state index contributed by atoms with van der Waals surface area (Å²) in [5.41, 5.74) is 5.77. The van der Waals surface area contributed by atoms with Crippen molar-refractivity contribution in [1.29, 1.82) is 0 Å². The molecule has 0 spiro atoms. The summed E-state index contributed by atoms with van der Waals surface area (Å²) in [6, 6.07) is 8.36. The number of hydrogen-bond acceptors (Lipinski definition) is 5. The highest BCUT2D eigenvalue weighted by atomic mass is 35.5. The van der Waals surface area contributed by atoms with Crippen molar-refractivity contribution in [1.82, 2.24) is 4.98 Å². The Morgan fingerprint density at radius 2 is 1.51 bits per heavy atom. The number of aromatic nitrogens is 1. The Bertz CT molecular complexity index is 1330. The number of halogens is 2. The Hall–Kier alpha value is -3.25. The second kappa shape index (κ2) is 11.9. The van der Waals surface area contributed by atoms with Crippen LogP contribution < -0.4 is 5.32 Å². The van der Waals surface area contributed by atoms with Crippen molar-refractivity contribution in [3.05, 3.63) is 63.3 Å². The Morgan fingerprint density at radius 1 is 0.943 bits per heavy atom. The third kappa shape index (κ3) is 7.89. The summed E-state index contributed by atoms with van der Waals surface area (Å²) in [6.45, 7) is 7.72. The third-order valence-corrected chi connectivity index (χ3v) is 5.94. The highest BCUT2D eigenvalue weighted by molar-refractivity contribution is 6.83. The number of carbonyl (C=O) groups is 3. The maximum absolute atomic E-state index is 11.7. The van der Waals surface area contributed by atoms with Crippen molar-refractivity contribution in [2.24, 2.45) is 0 Å². The molecule has 0 saturated heterocycles. The van der Waals surface area contributed by atoms with Gasteiger partial charge in [-0.25, -0.2) is 9.59 Å². The van der Waals surface area contributed by atoms with Crippen molar-refractivity contribution in [3.8, 4) is 11.5 Å². The molecule has 0 atom stereocenters. The van der Waals surface area contributed by atoms with E-state index in [9.17, 15) is 14.4 Å². The molecule has 0 radical (unpaired) electrons. The highest BCUT2D eigenvalue weighted by Crippen LogP contribution is 2.26. The van der Waals surface area contributed by atoms with E-state index in [2.05, 4.69) is 50.9 Å². The number of esters is 2. The van der Waals surface area contributed by atoms with Crippen LogP contribution in [0, 0.1) is 11.5 Å². The van der Waals surface area contributed by atoms with Gasteiger partial charge in [-0.3, -0.25) is 4.79 Å². The van der Waals surface area contributed by atoms with Crippen LogP contribution >= 0.6 is 23.2 Å². The van der Waals surface area contributed by atoms with Crippen LogP contribution in [0.1, 0.15) is 33.2 Å². The smallest absolute Gasteiger partial charge is 0.339 e. The van der Waals surface area contributed by atoms with Gasteiger partial charge in [0.1, 0.15) is 8.07 Å². The minimum Gasteiger partial charge on any atom is -0.465 e. The van der Waals surface area contributed by atoms with Crippen molar-refractivity contribution in [2.45, 2.75) is 26.6 Å². The average molecular weight is 533 g/mol. The molecule has 2 aromatic carbocycles. The molecule has 0 fully saturated rings. The van der Waals surface area contributed by atoms with Gasteiger partial charge in [0.15, 0.2) is 0 Å². The molecular weight excluding hydrogens is 507 g/mol. The first-order valence-corrected chi connectivity index (χ1v) is 14.7. The van der Waals surface area contributed by atoms with E-state index >= 15 is 0 Å². The Labute approximate surface area is 215 Å². The Balaban J connectivity index is 0.000000266. The summed E-state index contributed by atoms with van der Waals surface area (Å²) in [5.74, 6) is 1.85. The predicted octanol–water partition coefficient (Wildman–Crippen LogP) is 5.92.